The standard InChI is InChI=1S/C16H16Cl2O2/c1-2-16(19)11-4-7-14(8-5-11)20-10-12-3-6-13(17)9-15(12)18/h3-9,16,19H,2,10H2,1H3. The maximum atomic E-state index is 9.72. The van der Waals surface area contributed by atoms with Crippen molar-refractivity contribution in [3.05, 3.63) is 63.6 Å². The molecule has 0 spiro atoms. The number of hydrogen-bond acceptors (Lipinski definition) is 2. The highest BCUT2D eigenvalue weighted by molar-refractivity contribution is 6.35. The Balaban J connectivity index is 2.00. The molecule has 0 aromatic heterocycles. The van der Waals surface area contributed by atoms with Gasteiger partial charge >= 0.3 is 0 Å². The zero-order chi connectivity index (χ0) is 14.5. The minimum Gasteiger partial charge on any atom is -0.489 e. The normalized spacial score (nSPS) is 12.2. The van der Waals surface area contributed by atoms with Crippen LogP contribution in [0.25, 0.3) is 0 Å². The number of aliphatic hydroxyl groups is 1. The van der Waals surface area contributed by atoms with Crippen molar-refractivity contribution >= 4 is 23.2 Å². The fourth-order valence-electron chi connectivity index (χ4n) is 1.82. The average Bonchev–Trinajstić information content (AvgIpc) is 2.46. The molecule has 0 radical (unpaired) electrons. The van der Waals surface area contributed by atoms with Crippen LogP contribution < -0.4 is 4.74 Å². The van der Waals surface area contributed by atoms with E-state index in [0.717, 1.165) is 16.9 Å². The predicted molar refractivity (Wildman–Crippen MR) is 82.5 cm³/mol. The van der Waals surface area contributed by atoms with Gasteiger partial charge in [-0.3, -0.25) is 0 Å². The van der Waals surface area contributed by atoms with Gasteiger partial charge in [0.2, 0.25) is 0 Å². The lowest BCUT2D eigenvalue weighted by Crippen LogP contribution is -1.98. The zero-order valence-corrected chi connectivity index (χ0v) is 12.7. The monoisotopic (exact) mass is 310 g/mol. The Morgan fingerprint density at radius 1 is 1.10 bits per heavy atom. The van der Waals surface area contributed by atoms with Crippen molar-refractivity contribution in [2.24, 2.45) is 0 Å². The summed E-state index contributed by atoms with van der Waals surface area (Å²) in [5, 5.41) is 10.9. The smallest absolute Gasteiger partial charge is 0.119 e. The highest BCUT2D eigenvalue weighted by Gasteiger charge is 2.05. The Morgan fingerprint density at radius 3 is 2.40 bits per heavy atom. The molecule has 0 aliphatic heterocycles. The van der Waals surface area contributed by atoms with Crippen LogP contribution in [0.3, 0.4) is 0 Å². The van der Waals surface area contributed by atoms with Crippen LogP contribution in [0.15, 0.2) is 42.5 Å². The van der Waals surface area contributed by atoms with Gasteiger partial charge in [0.15, 0.2) is 0 Å². The first-order valence-corrected chi connectivity index (χ1v) is 7.20. The summed E-state index contributed by atoms with van der Waals surface area (Å²) in [6.07, 6.45) is 0.274. The van der Waals surface area contributed by atoms with Crippen molar-refractivity contribution in [3.63, 3.8) is 0 Å². The van der Waals surface area contributed by atoms with E-state index >= 15 is 0 Å². The van der Waals surface area contributed by atoms with Gasteiger partial charge in [0.25, 0.3) is 0 Å². The minimum atomic E-state index is -0.422. The summed E-state index contributed by atoms with van der Waals surface area (Å²) < 4.78 is 5.67. The van der Waals surface area contributed by atoms with Gasteiger partial charge in [0.05, 0.1) is 6.10 Å². The summed E-state index contributed by atoms with van der Waals surface area (Å²) in [4.78, 5) is 0. The molecular formula is C16H16Cl2O2. The number of halogens is 2. The van der Waals surface area contributed by atoms with Gasteiger partial charge in [-0.1, -0.05) is 48.3 Å². The molecule has 0 aliphatic rings. The van der Waals surface area contributed by atoms with Crippen LogP contribution in [0.2, 0.25) is 10.0 Å². The first-order valence-electron chi connectivity index (χ1n) is 6.45. The Morgan fingerprint density at radius 2 is 1.80 bits per heavy atom. The summed E-state index contributed by atoms with van der Waals surface area (Å²) in [5.74, 6) is 0.739. The second-order valence-electron chi connectivity index (χ2n) is 4.52. The molecule has 2 rings (SSSR count). The van der Waals surface area contributed by atoms with E-state index < -0.39 is 6.10 Å². The maximum Gasteiger partial charge on any atom is 0.119 e. The molecule has 20 heavy (non-hydrogen) atoms. The van der Waals surface area contributed by atoms with Gasteiger partial charge in [0, 0.05) is 15.6 Å². The molecule has 1 unspecified atom stereocenters. The summed E-state index contributed by atoms with van der Waals surface area (Å²) in [6, 6.07) is 12.8. The summed E-state index contributed by atoms with van der Waals surface area (Å²) in [6.45, 7) is 2.32. The molecule has 106 valence electrons. The van der Waals surface area contributed by atoms with Crippen molar-refractivity contribution in [2.75, 3.05) is 0 Å². The topological polar surface area (TPSA) is 29.5 Å². The molecular weight excluding hydrogens is 295 g/mol. The molecule has 2 aromatic rings. The van der Waals surface area contributed by atoms with Crippen LogP contribution in [0.5, 0.6) is 5.75 Å². The van der Waals surface area contributed by atoms with Crippen LogP contribution in [-0.2, 0) is 6.61 Å². The van der Waals surface area contributed by atoms with E-state index in [1.54, 1.807) is 12.1 Å². The van der Waals surface area contributed by atoms with Crippen molar-refractivity contribution in [3.8, 4) is 5.75 Å². The van der Waals surface area contributed by atoms with Crippen LogP contribution in [0.4, 0.5) is 0 Å². The Bertz CT molecular complexity index is 567. The number of rotatable bonds is 5. The van der Waals surface area contributed by atoms with E-state index in [4.69, 9.17) is 27.9 Å². The third-order valence-corrected chi connectivity index (χ3v) is 3.65. The van der Waals surface area contributed by atoms with Crippen molar-refractivity contribution < 1.29 is 9.84 Å². The molecule has 1 N–H and O–H groups in total. The molecule has 2 nitrogen and oxygen atoms in total. The van der Waals surface area contributed by atoms with Crippen LogP contribution >= 0.6 is 23.2 Å². The van der Waals surface area contributed by atoms with Gasteiger partial charge < -0.3 is 9.84 Å². The van der Waals surface area contributed by atoms with Crippen LogP contribution in [0.1, 0.15) is 30.6 Å². The fourth-order valence-corrected chi connectivity index (χ4v) is 2.28. The summed E-state index contributed by atoms with van der Waals surface area (Å²) >= 11 is 11.9. The molecule has 0 saturated carbocycles. The maximum absolute atomic E-state index is 9.72. The third kappa shape index (κ3) is 3.89. The van der Waals surface area contributed by atoms with E-state index in [2.05, 4.69) is 0 Å². The number of hydrogen-bond donors (Lipinski definition) is 1. The van der Waals surface area contributed by atoms with E-state index in [-0.39, 0.29) is 0 Å². The second kappa shape index (κ2) is 6.98. The zero-order valence-electron chi connectivity index (χ0n) is 11.1. The third-order valence-electron chi connectivity index (χ3n) is 3.06. The van der Waals surface area contributed by atoms with E-state index in [9.17, 15) is 5.11 Å². The van der Waals surface area contributed by atoms with Crippen molar-refractivity contribution in [2.45, 2.75) is 26.1 Å². The minimum absolute atomic E-state index is 0.381. The number of benzene rings is 2. The highest BCUT2D eigenvalue weighted by Crippen LogP contribution is 2.24. The van der Waals surface area contributed by atoms with E-state index in [1.807, 2.05) is 37.3 Å². The fraction of sp³-hybridized carbons (Fsp3) is 0.250. The lowest BCUT2D eigenvalue weighted by Gasteiger charge is -2.11. The van der Waals surface area contributed by atoms with Crippen LogP contribution in [-0.4, -0.2) is 5.11 Å². The van der Waals surface area contributed by atoms with Crippen molar-refractivity contribution in [1.82, 2.24) is 0 Å². The van der Waals surface area contributed by atoms with Gasteiger partial charge in [-0.2, -0.15) is 0 Å². The van der Waals surface area contributed by atoms with Crippen molar-refractivity contribution in [1.29, 1.82) is 0 Å². The summed E-state index contributed by atoms with van der Waals surface area (Å²) in [7, 11) is 0. The molecule has 0 amide bonds. The lowest BCUT2D eigenvalue weighted by molar-refractivity contribution is 0.173. The summed E-state index contributed by atoms with van der Waals surface area (Å²) in [5.41, 5.74) is 1.78. The van der Waals surface area contributed by atoms with Gasteiger partial charge in [0.1, 0.15) is 12.4 Å². The molecule has 4 heteroatoms. The average molecular weight is 311 g/mol. The molecule has 2 aromatic carbocycles. The lowest BCUT2D eigenvalue weighted by atomic mass is 10.1. The first kappa shape index (κ1) is 15.2. The molecule has 1 atom stereocenters. The molecule has 0 aliphatic carbocycles. The van der Waals surface area contributed by atoms with Gasteiger partial charge in [-0.25, -0.2) is 0 Å². The first-order chi connectivity index (χ1) is 9.60. The van der Waals surface area contributed by atoms with Crippen LogP contribution in [0, 0.1) is 0 Å². The predicted octanol–water partition coefficient (Wildman–Crippen LogP) is 5.02. The molecule has 0 heterocycles. The molecule has 0 saturated heterocycles. The highest BCUT2D eigenvalue weighted by atomic mass is 35.5. The van der Waals surface area contributed by atoms with Gasteiger partial charge in [-0.05, 0) is 36.2 Å². The Hall–Kier alpha value is -1.22. The Kier molecular flexibility index (Phi) is 5.30. The molecule has 0 bridgehead atoms. The molecule has 0 fully saturated rings. The quantitative estimate of drug-likeness (QED) is 0.840. The number of ether oxygens (including phenoxy) is 1. The van der Waals surface area contributed by atoms with Gasteiger partial charge in [-0.15, -0.1) is 0 Å². The SMILES string of the molecule is CCC(O)c1ccc(OCc2ccc(Cl)cc2Cl)cc1. The van der Waals surface area contributed by atoms with E-state index in [0.29, 0.717) is 23.1 Å². The number of aliphatic hydroxyl groups excluding tert-OH is 1. The second-order valence-corrected chi connectivity index (χ2v) is 5.36. The van der Waals surface area contributed by atoms with E-state index in [1.165, 1.54) is 0 Å². The Labute approximate surface area is 128 Å². The largest absolute Gasteiger partial charge is 0.489 e.